The first kappa shape index (κ1) is 18.7. The quantitative estimate of drug-likeness (QED) is 0.645. The van der Waals surface area contributed by atoms with Crippen molar-refractivity contribution >= 4 is 17.7 Å². The first-order valence-corrected chi connectivity index (χ1v) is 11.3. The molecule has 27 heavy (non-hydrogen) atoms. The first-order valence-electron chi connectivity index (χ1n) is 10.2. The van der Waals surface area contributed by atoms with E-state index in [4.69, 9.17) is 0 Å². The lowest BCUT2D eigenvalue weighted by atomic mass is 9.88. The topological polar surface area (TPSA) is 40.5 Å². The number of benzene rings is 1. The number of carboxylic acids is 1. The van der Waals surface area contributed by atoms with E-state index in [1.807, 2.05) is 12.1 Å². The fourth-order valence-corrected chi connectivity index (χ4v) is 6.34. The van der Waals surface area contributed by atoms with Crippen molar-refractivity contribution in [3.63, 3.8) is 0 Å². The van der Waals surface area contributed by atoms with Crippen LogP contribution in [0.25, 0.3) is 0 Å². The summed E-state index contributed by atoms with van der Waals surface area (Å²) in [7, 11) is 0. The lowest BCUT2D eigenvalue weighted by Crippen LogP contribution is -2.39. The molecule has 4 unspecified atom stereocenters. The predicted molar refractivity (Wildman–Crippen MR) is 112 cm³/mol. The van der Waals surface area contributed by atoms with Gasteiger partial charge in [0.05, 0.1) is 5.57 Å². The lowest BCUT2D eigenvalue weighted by Gasteiger charge is -2.36. The Morgan fingerprint density at radius 1 is 1.19 bits per heavy atom. The molecule has 1 aromatic rings. The normalized spacial score (nSPS) is 29.2. The summed E-state index contributed by atoms with van der Waals surface area (Å²) >= 11 is 1.79. The second-order valence-electron chi connectivity index (χ2n) is 8.21. The molecule has 3 nitrogen and oxygen atoms in total. The van der Waals surface area contributed by atoms with Crippen LogP contribution in [-0.2, 0) is 11.2 Å². The molecule has 4 atom stereocenters. The van der Waals surface area contributed by atoms with Crippen LogP contribution in [0.4, 0.5) is 0 Å². The molecule has 0 amide bonds. The summed E-state index contributed by atoms with van der Waals surface area (Å²) in [5.74, 6) is 2.74. The highest BCUT2D eigenvalue weighted by Crippen LogP contribution is 2.49. The van der Waals surface area contributed by atoms with Crippen LogP contribution in [-0.4, -0.2) is 33.6 Å². The smallest absolute Gasteiger partial charge is 0.334 e. The molecule has 0 saturated heterocycles. The molecule has 4 heteroatoms. The van der Waals surface area contributed by atoms with Crippen molar-refractivity contribution in [2.45, 2.75) is 43.9 Å². The van der Waals surface area contributed by atoms with Gasteiger partial charge in [-0.05, 0) is 73.3 Å². The maximum absolute atomic E-state index is 11.8. The summed E-state index contributed by atoms with van der Waals surface area (Å²) < 4.78 is 0. The zero-order valence-corrected chi connectivity index (χ0v) is 16.6. The molecule has 1 heterocycles. The van der Waals surface area contributed by atoms with Gasteiger partial charge in [-0.25, -0.2) is 4.79 Å². The van der Waals surface area contributed by atoms with Gasteiger partial charge in [-0.15, -0.1) is 11.8 Å². The number of hydrogen-bond donors (Lipinski definition) is 1. The minimum Gasteiger partial charge on any atom is -0.478 e. The third-order valence-electron chi connectivity index (χ3n) is 6.43. The minimum absolute atomic E-state index is 0.0533. The molecule has 0 radical (unpaired) electrons. The number of aliphatic carboxylic acids is 1. The van der Waals surface area contributed by atoms with Crippen molar-refractivity contribution in [2.75, 3.05) is 12.3 Å². The second-order valence-corrected chi connectivity index (χ2v) is 9.40. The Hall–Kier alpha value is -1.68. The summed E-state index contributed by atoms with van der Waals surface area (Å²) in [5, 5.41) is 9.63. The fourth-order valence-electron chi connectivity index (χ4n) is 5.10. The Bertz CT molecular complexity index is 714. The molecule has 0 aromatic heterocycles. The van der Waals surface area contributed by atoms with Crippen molar-refractivity contribution in [1.82, 2.24) is 4.90 Å². The van der Waals surface area contributed by atoms with E-state index in [-0.39, 0.29) is 5.37 Å². The molecular weight excluding hydrogens is 354 g/mol. The summed E-state index contributed by atoms with van der Waals surface area (Å²) in [6.45, 7) is 1.01. The van der Waals surface area contributed by atoms with Crippen LogP contribution in [0.3, 0.4) is 0 Å². The third kappa shape index (κ3) is 4.43. The van der Waals surface area contributed by atoms with Crippen LogP contribution in [0, 0.1) is 17.8 Å². The number of aryl methyl sites for hydroxylation is 1. The number of carboxylic acid groups (broad SMARTS) is 1. The molecule has 1 aromatic carbocycles. The molecule has 1 aliphatic heterocycles. The summed E-state index contributed by atoms with van der Waals surface area (Å²) in [6, 6.07) is 10.5. The number of thioether (sulfide) groups is 1. The average Bonchev–Trinajstić information content (AvgIpc) is 3.30. The molecule has 2 saturated carbocycles. The van der Waals surface area contributed by atoms with Crippen LogP contribution < -0.4 is 0 Å². The number of hydrogen-bond acceptors (Lipinski definition) is 3. The van der Waals surface area contributed by atoms with Gasteiger partial charge < -0.3 is 10.0 Å². The maximum atomic E-state index is 11.8. The van der Waals surface area contributed by atoms with Gasteiger partial charge in [-0.1, -0.05) is 36.8 Å². The van der Waals surface area contributed by atoms with Crippen LogP contribution in [0.1, 0.15) is 37.7 Å². The largest absolute Gasteiger partial charge is 0.478 e. The lowest BCUT2D eigenvalue weighted by molar-refractivity contribution is -0.133. The Kier molecular flexibility index (Phi) is 5.92. The zero-order valence-electron chi connectivity index (χ0n) is 15.8. The molecule has 2 fully saturated rings. The van der Waals surface area contributed by atoms with Crippen molar-refractivity contribution in [3.8, 4) is 0 Å². The number of nitrogens with zero attached hydrogens (tertiary/aromatic N) is 1. The average molecular weight is 384 g/mol. The van der Waals surface area contributed by atoms with Crippen molar-refractivity contribution in [2.24, 2.45) is 17.8 Å². The number of carbonyl (C=O) groups is 1. The maximum Gasteiger partial charge on any atom is 0.334 e. The molecule has 144 valence electrons. The molecule has 2 aliphatic carbocycles. The van der Waals surface area contributed by atoms with Gasteiger partial charge >= 0.3 is 5.97 Å². The van der Waals surface area contributed by atoms with Crippen LogP contribution in [0.2, 0.25) is 0 Å². The molecule has 0 spiro atoms. The van der Waals surface area contributed by atoms with Crippen LogP contribution >= 0.6 is 11.8 Å². The van der Waals surface area contributed by atoms with E-state index in [1.165, 1.54) is 31.2 Å². The minimum atomic E-state index is -0.780. The zero-order chi connectivity index (χ0) is 18.6. The van der Waals surface area contributed by atoms with Gasteiger partial charge in [0.1, 0.15) is 5.37 Å². The first-order chi connectivity index (χ1) is 13.2. The highest BCUT2D eigenvalue weighted by molar-refractivity contribution is 8.00. The second kappa shape index (κ2) is 8.55. The number of fused-ring (bicyclic) bond motifs is 2. The van der Waals surface area contributed by atoms with Gasteiger partial charge in [-0.2, -0.15) is 0 Å². The van der Waals surface area contributed by atoms with E-state index in [9.17, 15) is 9.90 Å². The van der Waals surface area contributed by atoms with Gasteiger partial charge in [0.15, 0.2) is 0 Å². The van der Waals surface area contributed by atoms with Gasteiger partial charge in [0.2, 0.25) is 0 Å². The van der Waals surface area contributed by atoms with Gasteiger partial charge in [0.25, 0.3) is 0 Å². The Morgan fingerprint density at radius 2 is 2.04 bits per heavy atom. The Labute approximate surface area is 166 Å². The van der Waals surface area contributed by atoms with Crippen molar-refractivity contribution in [1.29, 1.82) is 0 Å². The van der Waals surface area contributed by atoms with E-state index < -0.39 is 5.97 Å². The molecule has 2 bridgehead atoms. The molecule has 1 N–H and O–H groups in total. The van der Waals surface area contributed by atoms with Crippen molar-refractivity contribution in [3.05, 3.63) is 59.8 Å². The SMILES string of the molecule is O=C(O)C1=CC=CN(CC2CC3CCC2C3)C1SCCCc1ccccc1. The van der Waals surface area contributed by atoms with Gasteiger partial charge in [-0.3, -0.25) is 0 Å². The highest BCUT2D eigenvalue weighted by Gasteiger charge is 2.41. The standard InChI is InChI=1S/C23H29NO2S/c25-23(26)21-9-4-12-24(16-20-15-18-10-11-19(20)14-18)22(21)27-13-5-8-17-6-2-1-3-7-17/h1-4,6-7,9,12,18-20,22H,5,8,10-11,13-16H2,(H,25,26). The van der Waals surface area contributed by atoms with Crippen molar-refractivity contribution < 1.29 is 9.90 Å². The molecule has 4 rings (SSSR count). The Morgan fingerprint density at radius 3 is 2.74 bits per heavy atom. The van der Waals surface area contributed by atoms with E-state index in [0.29, 0.717) is 5.57 Å². The summed E-state index contributed by atoms with van der Waals surface area (Å²) in [5.41, 5.74) is 1.89. The third-order valence-corrected chi connectivity index (χ3v) is 7.79. The predicted octanol–water partition coefficient (Wildman–Crippen LogP) is 4.96. The van der Waals surface area contributed by atoms with Gasteiger partial charge in [0, 0.05) is 12.7 Å². The van der Waals surface area contributed by atoms with Crippen LogP contribution in [0.5, 0.6) is 0 Å². The Balaban J connectivity index is 1.35. The van der Waals surface area contributed by atoms with E-state index in [2.05, 4.69) is 35.4 Å². The van der Waals surface area contributed by atoms with E-state index in [1.54, 1.807) is 17.8 Å². The number of rotatable bonds is 8. The van der Waals surface area contributed by atoms with E-state index >= 15 is 0 Å². The monoisotopic (exact) mass is 383 g/mol. The fraction of sp³-hybridized carbons (Fsp3) is 0.522. The number of allylic oxidation sites excluding steroid dienone is 2. The molecule has 3 aliphatic rings. The highest BCUT2D eigenvalue weighted by atomic mass is 32.2. The van der Waals surface area contributed by atoms with Crippen LogP contribution in [0.15, 0.2) is 54.3 Å². The molecular formula is C23H29NO2S. The summed E-state index contributed by atoms with van der Waals surface area (Å²) in [6.07, 6.45) is 13.5. The summed E-state index contributed by atoms with van der Waals surface area (Å²) in [4.78, 5) is 14.1. The van der Waals surface area contributed by atoms with E-state index in [0.717, 1.165) is 42.9 Å².